The first kappa shape index (κ1) is 29.8. The number of ether oxygens (including phenoxy) is 1. The molecule has 0 unspecified atom stereocenters. The second-order valence-electron chi connectivity index (χ2n) is 13.6. The first-order valence-corrected chi connectivity index (χ1v) is 16.8. The number of hydrogen-bond donors (Lipinski definition) is 2. The van der Waals surface area contributed by atoms with Crippen LogP contribution in [0.25, 0.3) is 32.8 Å². The third-order valence-corrected chi connectivity index (χ3v) is 11.0. The van der Waals surface area contributed by atoms with Gasteiger partial charge in [0, 0.05) is 49.1 Å². The molecule has 3 saturated heterocycles. The van der Waals surface area contributed by atoms with Crippen LogP contribution in [-0.4, -0.2) is 76.6 Å². The van der Waals surface area contributed by atoms with Crippen LogP contribution in [0.3, 0.4) is 0 Å². The second kappa shape index (κ2) is 11.3. The van der Waals surface area contributed by atoms with Gasteiger partial charge in [0.25, 0.3) is 0 Å². The highest BCUT2D eigenvalue weighted by Crippen LogP contribution is 2.45. The van der Waals surface area contributed by atoms with Crippen LogP contribution in [0.15, 0.2) is 30.3 Å². The van der Waals surface area contributed by atoms with E-state index in [4.69, 9.17) is 14.7 Å². The minimum Gasteiger partial charge on any atom is -0.508 e. The normalized spacial score (nSPS) is 26.0. The lowest BCUT2D eigenvalue weighted by Gasteiger charge is -2.40. The lowest BCUT2D eigenvalue weighted by Crippen LogP contribution is -2.56. The zero-order chi connectivity index (χ0) is 31.7. The van der Waals surface area contributed by atoms with E-state index in [1.54, 1.807) is 12.1 Å². The van der Waals surface area contributed by atoms with Gasteiger partial charge in [0.05, 0.1) is 5.54 Å². The Kier molecular flexibility index (Phi) is 7.28. The molecule has 5 heterocycles. The molecular formula is C36H40F3N5O2. The van der Waals surface area contributed by atoms with Gasteiger partial charge in [-0.3, -0.25) is 4.90 Å². The molecule has 3 fully saturated rings. The number of alkyl halides is 1. The van der Waals surface area contributed by atoms with Gasteiger partial charge in [0.1, 0.15) is 35.7 Å². The average molecular weight is 632 g/mol. The summed E-state index contributed by atoms with van der Waals surface area (Å²) in [6, 6.07) is 8.48. The number of nitrogens with one attached hydrogen (secondary N) is 1. The number of phenols is 1. The van der Waals surface area contributed by atoms with Gasteiger partial charge >= 0.3 is 6.01 Å². The molecule has 3 aromatic carbocycles. The molecule has 4 aromatic rings. The third-order valence-electron chi connectivity index (χ3n) is 11.0. The van der Waals surface area contributed by atoms with Crippen molar-refractivity contribution in [1.82, 2.24) is 20.2 Å². The van der Waals surface area contributed by atoms with Gasteiger partial charge in [-0.25, -0.2) is 13.2 Å². The van der Waals surface area contributed by atoms with Crippen molar-refractivity contribution in [2.75, 3.05) is 37.7 Å². The summed E-state index contributed by atoms with van der Waals surface area (Å²) in [5.41, 5.74) is 1.84. The Morgan fingerprint density at radius 2 is 1.96 bits per heavy atom. The molecule has 0 spiro atoms. The van der Waals surface area contributed by atoms with Crippen LogP contribution in [0.5, 0.6) is 11.8 Å². The van der Waals surface area contributed by atoms with Crippen molar-refractivity contribution < 1.29 is 23.0 Å². The third kappa shape index (κ3) is 4.70. The number of hydrogen-bond acceptors (Lipinski definition) is 7. The summed E-state index contributed by atoms with van der Waals surface area (Å²) in [5.74, 6) is -0.277. The first-order valence-electron chi connectivity index (χ1n) is 16.8. The number of aryl methyl sites for hydroxylation is 2. The van der Waals surface area contributed by atoms with E-state index in [0.29, 0.717) is 58.9 Å². The minimum absolute atomic E-state index is 0.0224. The number of rotatable bonds is 6. The number of piperazine rings is 1. The number of fused-ring (bicyclic) bond motifs is 4. The molecule has 0 radical (unpaired) electrons. The fraction of sp³-hybridized carbons (Fsp3) is 0.500. The maximum Gasteiger partial charge on any atom is 0.319 e. The largest absolute Gasteiger partial charge is 0.508 e. The molecule has 46 heavy (non-hydrogen) atoms. The molecule has 242 valence electrons. The van der Waals surface area contributed by atoms with Gasteiger partial charge in [0.15, 0.2) is 5.82 Å². The van der Waals surface area contributed by atoms with E-state index in [1.807, 2.05) is 13.0 Å². The smallest absolute Gasteiger partial charge is 0.319 e. The molecule has 0 bridgehead atoms. The van der Waals surface area contributed by atoms with Crippen molar-refractivity contribution in [3.63, 3.8) is 0 Å². The summed E-state index contributed by atoms with van der Waals surface area (Å²) < 4.78 is 53.1. The molecular weight excluding hydrogens is 591 g/mol. The SMILES string of the molecule is CCc1c(F)ccc2cc(O)cc(-c3cc4c5c(nc(OC[C@@]67CCCN6C[C@H](F)C7)nc5c3F)N3C[C@@H](CC)NC[C@H]3CC4)c12. The Balaban J connectivity index is 1.33. The number of aromatic nitrogens is 2. The van der Waals surface area contributed by atoms with Crippen molar-refractivity contribution >= 4 is 27.5 Å². The van der Waals surface area contributed by atoms with Crippen LogP contribution < -0.4 is 15.0 Å². The Morgan fingerprint density at radius 3 is 2.78 bits per heavy atom. The molecule has 10 heteroatoms. The van der Waals surface area contributed by atoms with Crippen LogP contribution in [-0.2, 0) is 12.8 Å². The maximum atomic E-state index is 17.1. The Labute approximate surface area is 266 Å². The van der Waals surface area contributed by atoms with E-state index in [2.05, 4.69) is 22.0 Å². The van der Waals surface area contributed by atoms with Crippen molar-refractivity contribution in [3.8, 4) is 22.9 Å². The van der Waals surface area contributed by atoms with E-state index < -0.39 is 17.5 Å². The number of halogens is 3. The van der Waals surface area contributed by atoms with Crippen LogP contribution in [0, 0.1) is 11.6 Å². The summed E-state index contributed by atoms with van der Waals surface area (Å²) in [4.78, 5) is 14.2. The van der Waals surface area contributed by atoms with Gasteiger partial charge in [-0.2, -0.15) is 9.97 Å². The number of aromatic hydroxyl groups is 1. The van der Waals surface area contributed by atoms with Gasteiger partial charge in [-0.1, -0.05) is 19.9 Å². The predicted molar refractivity (Wildman–Crippen MR) is 174 cm³/mol. The van der Waals surface area contributed by atoms with Gasteiger partial charge in [0.2, 0.25) is 0 Å². The molecule has 0 aliphatic carbocycles. The van der Waals surface area contributed by atoms with Crippen LogP contribution >= 0.6 is 0 Å². The van der Waals surface area contributed by atoms with Crippen LogP contribution in [0.4, 0.5) is 19.0 Å². The molecule has 8 rings (SSSR count). The quantitative estimate of drug-likeness (QED) is 0.253. The number of anilines is 1. The summed E-state index contributed by atoms with van der Waals surface area (Å²) in [6.07, 6.45) is 4.23. The van der Waals surface area contributed by atoms with Crippen molar-refractivity contribution in [3.05, 3.63) is 53.1 Å². The zero-order valence-electron chi connectivity index (χ0n) is 26.4. The van der Waals surface area contributed by atoms with E-state index in [1.165, 1.54) is 12.1 Å². The van der Waals surface area contributed by atoms with Gasteiger partial charge in [-0.15, -0.1) is 0 Å². The Morgan fingerprint density at radius 1 is 1.09 bits per heavy atom. The summed E-state index contributed by atoms with van der Waals surface area (Å²) >= 11 is 0. The second-order valence-corrected chi connectivity index (χ2v) is 13.6. The average Bonchev–Trinajstić information content (AvgIpc) is 3.53. The fourth-order valence-electron chi connectivity index (χ4n) is 8.67. The molecule has 0 amide bonds. The number of phenolic OH excluding ortho intramolecular Hbond substituents is 1. The van der Waals surface area contributed by atoms with E-state index in [9.17, 15) is 9.50 Å². The maximum absolute atomic E-state index is 17.1. The fourth-order valence-corrected chi connectivity index (χ4v) is 8.67. The first-order chi connectivity index (χ1) is 22.3. The summed E-state index contributed by atoms with van der Waals surface area (Å²) in [5, 5.41) is 16.3. The lowest BCUT2D eigenvalue weighted by atomic mass is 9.90. The summed E-state index contributed by atoms with van der Waals surface area (Å²) in [6.45, 7) is 7.03. The Hall–Kier alpha value is -3.63. The standard InChI is InChI=1S/C36H40F3N5O2/c1-3-23-18-44-24(16-40-23)8-6-21-13-28(27-14-25(45)12-20-7-9-29(38)26(4-2)30(20)27)32(39)33-31(21)34(44)42-35(41-33)46-19-36-10-5-11-43(36)17-22(37)15-36/h7,9,12-14,22-24,40,45H,3-6,8,10-11,15-19H2,1-2H3/t22-,23-,24-,36+/m1/s1. The number of nitrogens with zero attached hydrogens (tertiary/aromatic N) is 4. The highest BCUT2D eigenvalue weighted by Gasteiger charge is 2.49. The monoisotopic (exact) mass is 631 g/mol. The molecule has 2 N–H and O–H groups in total. The molecule has 1 aromatic heterocycles. The van der Waals surface area contributed by atoms with Crippen LogP contribution in [0.1, 0.15) is 57.1 Å². The van der Waals surface area contributed by atoms with Gasteiger partial charge < -0.3 is 20.1 Å². The molecule has 4 atom stereocenters. The molecule has 7 nitrogen and oxygen atoms in total. The van der Waals surface area contributed by atoms with E-state index >= 15 is 8.78 Å². The highest BCUT2D eigenvalue weighted by atomic mass is 19.1. The van der Waals surface area contributed by atoms with Crippen LogP contribution in [0.2, 0.25) is 0 Å². The zero-order valence-corrected chi connectivity index (χ0v) is 26.4. The number of benzene rings is 3. The minimum atomic E-state index is -0.892. The molecule has 0 saturated carbocycles. The van der Waals surface area contributed by atoms with E-state index in [0.717, 1.165) is 50.9 Å². The Bertz CT molecular complexity index is 1850. The summed E-state index contributed by atoms with van der Waals surface area (Å²) in [7, 11) is 0. The highest BCUT2D eigenvalue weighted by molar-refractivity contribution is 6.04. The van der Waals surface area contributed by atoms with Crippen molar-refractivity contribution in [1.29, 1.82) is 0 Å². The van der Waals surface area contributed by atoms with Crippen molar-refractivity contribution in [2.45, 2.75) is 82.6 Å². The van der Waals surface area contributed by atoms with Crippen molar-refractivity contribution in [2.24, 2.45) is 0 Å². The molecule has 4 aliphatic heterocycles. The van der Waals surface area contributed by atoms with Gasteiger partial charge in [-0.05, 0) is 96.8 Å². The topological polar surface area (TPSA) is 73.8 Å². The lowest BCUT2D eigenvalue weighted by molar-refractivity contribution is 0.107. The predicted octanol–water partition coefficient (Wildman–Crippen LogP) is 6.45. The molecule has 4 aliphatic rings. The van der Waals surface area contributed by atoms with E-state index in [-0.39, 0.29) is 47.3 Å².